The van der Waals surface area contributed by atoms with Crippen molar-refractivity contribution < 1.29 is 4.79 Å². The molecule has 5 heteroatoms. The molecule has 37 heavy (non-hydrogen) atoms. The van der Waals surface area contributed by atoms with Gasteiger partial charge in [-0.2, -0.15) is 0 Å². The molecule has 4 aromatic rings. The number of benzene rings is 3. The van der Waals surface area contributed by atoms with Crippen molar-refractivity contribution in [3.63, 3.8) is 0 Å². The molecular formula is C32H35N3O2. The fourth-order valence-corrected chi connectivity index (χ4v) is 4.68. The maximum Gasteiger partial charge on any atom is 0.266 e. The zero-order valence-electron chi connectivity index (χ0n) is 21.9. The van der Waals surface area contributed by atoms with E-state index in [1.165, 1.54) is 0 Å². The number of para-hydroxylation sites is 2. The smallest absolute Gasteiger partial charge is 0.266 e. The summed E-state index contributed by atoms with van der Waals surface area (Å²) in [5, 5.41) is 0.567. The van der Waals surface area contributed by atoms with E-state index < -0.39 is 6.04 Å². The molecule has 190 valence electrons. The summed E-state index contributed by atoms with van der Waals surface area (Å²) in [6, 6.07) is 24.8. The molecule has 0 aliphatic heterocycles. The summed E-state index contributed by atoms with van der Waals surface area (Å²) >= 11 is 0. The zero-order valence-corrected chi connectivity index (χ0v) is 21.9. The monoisotopic (exact) mass is 493 g/mol. The average molecular weight is 494 g/mol. The first-order chi connectivity index (χ1) is 18.0. The van der Waals surface area contributed by atoms with E-state index in [2.05, 4.69) is 13.8 Å². The molecule has 1 amide bonds. The maximum absolute atomic E-state index is 13.9. The lowest BCUT2D eigenvalue weighted by molar-refractivity contribution is -0.128. The van der Waals surface area contributed by atoms with Crippen LogP contribution in [0.2, 0.25) is 0 Å². The summed E-state index contributed by atoms with van der Waals surface area (Å²) in [6.45, 7) is 6.79. The summed E-state index contributed by atoms with van der Waals surface area (Å²) in [6.07, 6.45) is 7.21. The third-order valence-electron chi connectivity index (χ3n) is 6.76. The molecule has 0 saturated heterocycles. The minimum absolute atomic E-state index is 0.0924. The average Bonchev–Trinajstić information content (AvgIpc) is 2.94. The first-order valence-corrected chi connectivity index (χ1v) is 13.2. The topological polar surface area (TPSA) is 55.2 Å². The molecule has 0 bridgehead atoms. The first kappa shape index (κ1) is 26.1. The van der Waals surface area contributed by atoms with Crippen LogP contribution in [0.1, 0.15) is 63.0 Å². The van der Waals surface area contributed by atoms with Gasteiger partial charge in [0.15, 0.2) is 0 Å². The number of hydrogen-bond donors (Lipinski definition) is 0. The highest BCUT2D eigenvalue weighted by Gasteiger charge is 2.26. The lowest BCUT2D eigenvalue weighted by Crippen LogP contribution is -2.37. The largest absolute Gasteiger partial charge is 0.329 e. The van der Waals surface area contributed by atoms with Crippen molar-refractivity contribution in [1.29, 1.82) is 0 Å². The van der Waals surface area contributed by atoms with E-state index in [-0.39, 0.29) is 11.5 Å². The van der Waals surface area contributed by atoms with Crippen LogP contribution in [-0.4, -0.2) is 26.9 Å². The quantitative estimate of drug-likeness (QED) is 0.182. The number of carbonyl (C=O) groups excluding carboxylic acids is 1. The van der Waals surface area contributed by atoms with Crippen LogP contribution in [0, 0.1) is 0 Å². The van der Waals surface area contributed by atoms with Crippen molar-refractivity contribution in [3.8, 4) is 5.69 Å². The second-order valence-electron chi connectivity index (χ2n) is 9.27. The fourth-order valence-electron chi connectivity index (χ4n) is 4.68. The van der Waals surface area contributed by atoms with Crippen LogP contribution in [0.15, 0.2) is 89.7 Å². The Morgan fingerprint density at radius 3 is 2.41 bits per heavy atom. The summed E-state index contributed by atoms with van der Waals surface area (Å²) < 4.78 is 1.72. The second kappa shape index (κ2) is 12.3. The Morgan fingerprint density at radius 2 is 1.65 bits per heavy atom. The number of amides is 1. The van der Waals surface area contributed by atoms with Crippen molar-refractivity contribution in [2.75, 3.05) is 6.54 Å². The summed E-state index contributed by atoms with van der Waals surface area (Å²) in [5.74, 6) is 0.479. The van der Waals surface area contributed by atoms with E-state index >= 15 is 0 Å². The molecule has 1 heterocycles. The van der Waals surface area contributed by atoms with Crippen molar-refractivity contribution in [2.24, 2.45) is 0 Å². The number of hydrogen-bond acceptors (Lipinski definition) is 3. The van der Waals surface area contributed by atoms with E-state index in [1.54, 1.807) is 10.6 Å². The van der Waals surface area contributed by atoms with Crippen molar-refractivity contribution in [1.82, 2.24) is 14.5 Å². The van der Waals surface area contributed by atoms with Gasteiger partial charge in [0.1, 0.15) is 5.82 Å². The van der Waals surface area contributed by atoms with Gasteiger partial charge in [-0.1, -0.05) is 87.4 Å². The molecule has 0 aliphatic carbocycles. The van der Waals surface area contributed by atoms with Crippen LogP contribution >= 0.6 is 0 Å². The molecule has 3 aromatic carbocycles. The number of unbranched alkanes of at least 4 members (excludes halogenated alkanes) is 2. The highest BCUT2D eigenvalue weighted by molar-refractivity contribution is 5.92. The number of carbonyl (C=O) groups is 1. The van der Waals surface area contributed by atoms with Crippen LogP contribution in [0.4, 0.5) is 0 Å². The van der Waals surface area contributed by atoms with Gasteiger partial charge in [0.2, 0.25) is 5.91 Å². The van der Waals surface area contributed by atoms with Crippen molar-refractivity contribution >= 4 is 22.9 Å². The van der Waals surface area contributed by atoms with Crippen LogP contribution in [0.3, 0.4) is 0 Å². The summed E-state index contributed by atoms with van der Waals surface area (Å²) in [4.78, 5) is 34.3. The molecule has 1 aromatic heterocycles. The van der Waals surface area contributed by atoms with Crippen LogP contribution in [0.25, 0.3) is 22.7 Å². The second-order valence-corrected chi connectivity index (χ2v) is 9.27. The Balaban J connectivity index is 1.84. The molecule has 1 atom stereocenters. The molecule has 0 aliphatic rings. The lowest BCUT2D eigenvalue weighted by Gasteiger charge is -2.30. The number of rotatable bonds is 10. The third kappa shape index (κ3) is 5.88. The van der Waals surface area contributed by atoms with Crippen molar-refractivity contribution in [3.05, 3.63) is 112 Å². The van der Waals surface area contributed by atoms with E-state index in [9.17, 15) is 9.59 Å². The molecule has 5 nitrogen and oxygen atoms in total. The van der Waals surface area contributed by atoms with Gasteiger partial charge in [-0.05, 0) is 55.2 Å². The van der Waals surface area contributed by atoms with Gasteiger partial charge in [-0.25, -0.2) is 4.98 Å². The van der Waals surface area contributed by atoms with Gasteiger partial charge < -0.3 is 4.90 Å². The van der Waals surface area contributed by atoms with E-state index in [1.807, 2.05) is 96.8 Å². The zero-order chi connectivity index (χ0) is 26.2. The standard InChI is InChI=1S/C32H35N3O2/c1-4-6-14-23-34(30(36)22-21-25-15-8-7-9-16-25)24(3)31-33-28-19-12-11-18-27(28)32(37)35(31)29-20-13-10-17-26(29)5-2/h7-13,15-22,24H,4-6,14,23H2,1-3H3/b22-21+. The van der Waals surface area contributed by atoms with E-state index in [0.717, 1.165) is 42.5 Å². The van der Waals surface area contributed by atoms with Crippen LogP contribution < -0.4 is 5.56 Å². The van der Waals surface area contributed by atoms with Crippen molar-refractivity contribution in [2.45, 2.75) is 52.5 Å². The minimum Gasteiger partial charge on any atom is -0.329 e. The molecule has 1 unspecified atom stereocenters. The molecule has 0 radical (unpaired) electrons. The highest BCUT2D eigenvalue weighted by atomic mass is 16.2. The number of aromatic nitrogens is 2. The Hall–Kier alpha value is -3.99. The first-order valence-electron chi connectivity index (χ1n) is 13.2. The van der Waals surface area contributed by atoms with Gasteiger partial charge >= 0.3 is 0 Å². The third-order valence-corrected chi connectivity index (χ3v) is 6.76. The number of nitrogens with zero attached hydrogens (tertiary/aromatic N) is 3. The number of fused-ring (bicyclic) bond motifs is 1. The van der Waals surface area contributed by atoms with Gasteiger partial charge in [-0.3, -0.25) is 14.2 Å². The Bertz CT molecular complexity index is 1440. The summed E-state index contributed by atoms with van der Waals surface area (Å²) in [5.41, 5.74) is 3.36. The Morgan fingerprint density at radius 1 is 0.946 bits per heavy atom. The van der Waals surface area contributed by atoms with Gasteiger partial charge in [0.25, 0.3) is 5.56 Å². The molecule has 0 fully saturated rings. The van der Waals surface area contributed by atoms with Gasteiger partial charge in [0, 0.05) is 12.6 Å². The van der Waals surface area contributed by atoms with Crippen LogP contribution in [-0.2, 0) is 11.2 Å². The van der Waals surface area contributed by atoms with E-state index in [4.69, 9.17) is 4.98 Å². The molecule has 0 spiro atoms. The number of aryl methyl sites for hydroxylation is 1. The van der Waals surface area contributed by atoms with Gasteiger partial charge in [-0.15, -0.1) is 0 Å². The maximum atomic E-state index is 13.9. The normalized spacial score (nSPS) is 12.2. The molecule has 0 saturated carbocycles. The highest BCUT2D eigenvalue weighted by Crippen LogP contribution is 2.25. The van der Waals surface area contributed by atoms with Crippen LogP contribution in [0.5, 0.6) is 0 Å². The molecule has 0 N–H and O–H groups in total. The SMILES string of the molecule is CCCCCN(C(=O)/C=C/c1ccccc1)C(C)c1nc2ccccc2c(=O)n1-c1ccccc1CC. The van der Waals surface area contributed by atoms with E-state index in [0.29, 0.717) is 23.3 Å². The fraction of sp³-hybridized carbons (Fsp3) is 0.281. The molecule has 4 rings (SSSR count). The summed E-state index contributed by atoms with van der Waals surface area (Å²) in [7, 11) is 0. The Kier molecular flexibility index (Phi) is 8.68. The predicted molar refractivity (Wildman–Crippen MR) is 152 cm³/mol. The minimum atomic E-state index is -0.410. The van der Waals surface area contributed by atoms with Gasteiger partial charge in [0.05, 0.1) is 22.6 Å². The predicted octanol–water partition coefficient (Wildman–Crippen LogP) is 6.74. The Labute approximate surface area is 219 Å². The molecular weight excluding hydrogens is 458 g/mol. The lowest BCUT2D eigenvalue weighted by atomic mass is 10.1.